The number of aromatic nitrogens is 1. The molecule has 17 heavy (non-hydrogen) atoms. The molecule has 1 fully saturated rings. The SMILES string of the molecule is CC1(c2nc3cc(F)cc(Cl)c3o2)CCNC1. The van der Waals surface area contributed by atoms with E-state index in [9.17, 15) is 4.39 Å². The van der Waals surface area contributed by atoms with Gasteiger partial charge in [-0.3, -0.25) is 0 Å². The lowest BCUT2D eigenvalue weighted by Crippen LogP contribution is -2.25. The molecule has 0 amide bonds. The van der Waals surface area contributed by atoms with Crippen LogP contribution in [0.25, 0.3) is 11.1 Å². The third-order valence-electron chi connectivity index (χ3n) is 3.29. The smallest absolute Gasteiger partial charge is 0.202 e. The van der Waals surface area contributed by atoms with E-state index >= 15 is 0 Å². The van der Waals surface area contributed by atoms with Gasteiger partial charge in [0.1, 0.15) is 11.3 Å². The number of hydrogen-bond donors (Lipinski definition) is 1. The van der Waals surface area contributed by atoms with Crippen LogP contribution >= 0.6 is 11.6 Å². The quantitative estimate of drug-likeness (QED) is 0.850. The predicted octanol–water partition coefficient (Wildman–Crippen LogP) is 2.87. The molecule has 0 aliphatic carbocycles. The van der Waals surface area contributed by atoms with Crippen molar-refractivity contribution in [3.05, 3.63) is 28.9 Å². The minimum absolute atomic E-state index is 0.126. The number of nitrogens with one attached hydrogen (secondary N) is 1. The van der Waals surface area contributed by atoms with Gasteiger partial charge in [0.15, 0.2) is 5.58 Å². The highest BCUT2D eigenvalue weighted by atomic mass is 35.5. The van der Waals surface area contributed by atoms with Crippen LogP contribution in [0.1, 0.15) is 19.2 Å². The molecule has 1 aliphatic heterocycles. The average molecular weight is 255 g/mol. The van der Waals surface area contributed by atoms with Crippen LogP contribution in [0.2, 0.25) is 5.02 Å². The summed E-state index contributed by atoms with van der Waals surface area (Å²) >= 11 is 5.94. The highest BCUT2D eigenvalue weighted by Crippen LogP contribution is 2.34. The van der Waals surface area contributed by atoms with Crippen molar-refractivity contribution in [1.29, 1.82) is 0 Å². The standard InChI is InChI=1S/C12H12ClFN2O/c1-12(2-3-15-6-12)11-16-9-5-7(14)4-8(13)10(9)17-11/h4-5,15H,2-3,6H2,1H3. The largest absolute Gasteiger partial charge is 0.438 e. The summed E-state index contributed by atoms with van der Waals surface area (Å²) in [4.78, 5) is 4.36. The third kappa shape index (κ3) is 1.72. The van der Waals surface area contributed by atoms with Crippen LogP contribution < -0.4 is 5.32 Å². The maximum atomic E-state index is 13.2. The topological polar surface area (TPSA) is 38.1 Å². The van der Waals surface area contributed by atoms with Crippen LogP contribution in [-0.4, -0.2) is 18.1 Å². The molecule has 2 aromatic rings. The van der Waals surface area contributed by atoms with E-state index in [1.807, 2.05) is 0 Å². The second kappa shape index (κ2) is 3.68. The molecule has 0 saturated carbocycles. The van der Waals surface area contributed by atoms with E-state index in [1.165, 1.54) is 12.1 Å². The summed E-state index contributed by atoms with van der Waals surface area (Å²) in [5.74, 6) is 0.238. The fourth-order valence-electron chi connectivity index (χ4n) is 2.22. The van der Waals surface area contributed by atoms with Crippen molar-refractivity contribution in [2.45, 2.75) is 18.8 Å². The van der Waals surface area contributed by atoms with Crippen molar-refractivity contribution >= 4 is 22.7 Å². The number of nitrogens with zero attached hydrogens (tertiary/aromatic N) is 1. The normalized spacial score (nSPS) is 24.6. The lowest BCUT2D eigenvalue weighted by atomic mass is 9.90. The van der Waals surface area contributed by atoms with Crippen molar-refractivity contribution in [1.82, 2.24) is 10.3 Å². The molecule has 1 atom stereocenters. The molecule has 1 aromatic heterocycles. The van der Waals surface area contributed by atoms with E-state index in [0.717, 1.165) is 19.5 Å². The van der Waals surface area contributed by atoms with E-state index < -0.39 is 5.82 Å². The van der Waals surface area contributed by atoms with Gasteiger partial charge < -0.3 is 9.73 Å². The lowest BCUT2D eigenvalue weighted by molar-refractivity contribution is 0.382. The first-order valence-corrected chi connectivity index (χ1v) is 5.93. The molecule has 3 nitrogen and oxygen atoms in total. The first-order chi connectivity index (χ1) is 8.08. The molecule has 2 heterocycles. The van der Waals surface area contributed by atoms with Gasteiger partial charge in [0, 0.05) is 12.6 Å². The van der Waals surface area contributed by atoms with Crippen LogP contribution in [0.4, 0.5) is 4.39 Å². The van der Waals surface area contributed by atoms with E-state index in [1.54, 1.807) is 0 Å². The zero-order valence-corrected chi connectivity index (χ0v) is 10.1. The van der Waals surface area contributed by atoms with Gasteiger partial charge in [-0.15, -0.1) is 0 Å². The zero-order chi connectivity index (χ0) is 12.0. The van der Waals surface area contributed by atoms with Gasteiger partial charge in [0.2, 0.25) is 5.89 Å². The molecule has 1 N–H and O–H groups in total. The van der Waals surface area contributed by atoms with Crippen LogP contribution in [0.5, 0.6) is 0 Å². The van der Waals surface area contributed by atoms with E-state index in [4.69, 9.17) is 16.0 Å². The van der Waals surface area contributed by atoms with Crippen LogP contribution in [-0.2, 0) is 5.41 Å². The summed E-state index contributed by atoms with van der Waals surface area (Å²) in [6.07, 6.45) is 0.958. The van der Waals surface area contributed by atoms with Crippen molar-refractivity contribution < 1.29 is 8.81 Å². The Hall–Kier alpha value is -1.13. The first kappa shape index (κ1) is 11.0. The summed E-state index contributed by atoms with van der Waals surface area (Å²) in [6.45, 7) is 3.85. The van der Waals surface area contributed by atoms with E-state index in [2.05, 4.69) is 17.2 Å². The van der Waals surface area contributed by atoms with Crippen molar-refractivity contribution in [2.75, 3.05) is 13.1 Å². The fraction of sp³-hybridized carbons (Fsp3) is 0.417. The summed E-state index contributed by atoms with van der Waals surface area (Å²) in [5.41, 5.74) is 0.827. The molecule has 0 radical (unpaired) electrons. The molecule has 0 spiro atoms. The van der Waals surface area contributed by atoms with Crippen molar-refractivity contribution in [2.24, 2.45) is 0 Å². The number of benzene rings is 1. The Morgan fingerprint density at radius 3 is 3.06 bits per heavy atom. The van der Waals surface area contributed by atoms with Gasteiger partial charge in [-0.05, 0) is 26.0 Å². The monoisotopic (exact) mass is 254 g/mol. The second-order valence-electron chi connectivity index (χ2n) is 4.74. The highest BCUT2D eigenvalue weighted by molar-refractivity contribution is 6.34. The number of halogens is 2. The Bertz CT molecular complexity index is 575. The molecule has 90 valence electrons. The van der Waals surface area contributed by atoms with Gasteiger partial charge in [-0.1, -0.05) is 11.6 Å². The summed E-state index contributed by atoms with van der Waals surface area (Å²) < 4.78 is 18.9. The van der Waals surface area contributed by atoms with Gasteiger partial charge in [0.05, 0.1) is 10.4 Å². The van der Waals surface area contributed by atoms with E-state index in [-0.39, 0.29) is 10.4 Å². The first-order valence-electron chi connectivity index (χ1n) is 5.55. The van der Waals surface area contributed by atoms with Crippen LogP contribution in [0, 0.1) is 5.82 Å². The Labute approximate surface area is 103 Å². The Kier molecular flexibility index (Phi) is 2.38. The Balaban J connectivity index is 2.16. The Morgan fingerprint density at radius 2 is 2.35 bits per heavy atom. The molecule has 1 saturated heterocycles. The van der Waals surface area contributed by atoms with Gasteiger partial charge in [-0.2, -0.15) is 0 Å². The van der Waals surface area contributed by atoms with Crippen molar-refractivity contribution in [3.63, 3.8) is 0 Å². The van der Waals surface area contributed by atoms with Gasteiger partial charge >= 0.3 is 0 Å². The number of hydrogen-bond acceptors (Lipinski definition) is 3. The molecule has 1 unspecified atom stereocenters. The zero-order valence-electron chi connectivity index (χ0n) is 9.39. The third-order valence-corrected chi connectivity index (χ3v) is 3.58. The lowest BCUT2D eigenvalue weighted by Gasteiger charge is -2.17. The van der Waals surface area contributed by atoms with Crippen LogP contribution in [0.3, 0.4) is 0 Å². The molecule has 3 rings (SSSR count). The number of fused-ring (bicyclic) bond motifs is 1. The van der Waals surface area contributed by atoms with E-state index in [0.29, 0.717) is 17.0 Å². The molecule has 0 bridgehead atoms. The number of oxazole rings is 1. The summed E-state index contributed by atoms with van der Waals surface area (Å²) in [5, 5.41) is 3.55. The number of rotatable bonds is 1. The van der Waals surface area contributed by atoms with Crippen molar-refractivity contribution in [3.8, 4) is 0 Å². The summed E-state index contributed by atoms with van der Waals surface area (Å²) in [6, 6.07) is 2.59. The van der Waals surface area contributed by atoms with Gasteiger partial charge in [-0.25, -0.2) is 9.37 Å². The average Bonchev–Trinajstić information content (AvgIpc) is 2.84. The molecular weight excluding hydrogens is 243 g/mol. The fourth-order valence-corrected chi connectivity index (χ4v) is 2.46. The minimum Gasteiger partial charge on any atom is -0.438 e. The second-order valence-corrected chi connectivity index (χ2v) is 5.15. The molecule has 5 heteroatoms. The van der Waals surface area contributed by atoms with Crippen LogP contribution in [0.15, 0.2) is 16.5 Å². The Morgan fingerprint density at radius 1 is 1.53 bits per heavy atom. The summed E-state index contributed by atoms with van der Waals surface area (Å²) in [7, 11) is 0. The molecule has 1 aliphatic rings. The maximum Gasteiger partial charge on any atom is 0.202 e. The molecular formula is C12H12ClFN2O. The highest BCUT2D eigenvalue weighted by Gasteiger charge is 2.35. The van der Waals surface area contributed by atoms with Gasteiger partial charge in [0.25, 0.3) is 0 Å². The molecule has 1 aromatic carbocycles. The predicted molar refractivity (Wildman–Crippen MR) is 63.8 cm³/mol. The minimum atomic E-state index is -0.392. The maximum absolute atomic E-state index is 13.2.